The molecule has 2 nitrogen and oxygen atoms in total. The molecule has 20 heavy (non-hydrogen) atoms. The Bertz CT molecular complexity index is 699. The Hall–Kier alpha value is -1.23. The summed E-state index contributed by atoms with van der Waals surface area (Å²) in [5.74, 6) is 0. The van der Waals surface area contributed by atoms with E-state index in [4.69, 9.17) is 4.98 Å². The van der Waals surface area contributed by atoms with Crippen LogP contribution in [0, 0.1) is 6.92 Å². The molecule has 4 heteroatoms. The molecule has 1 atom stereocenters. The molecule has 2 aromatic heterocycles. The predicted octanol–water partition coefficient (Wildman–Crippen LogP) is 4.76. The van der Waals surface area contributed by atoms with E-state index in [-0.39, 0.29) is 6.04 Å². The first kappa shape index (κ1) is 13.7. The van der Waals surface area contributed by atoms with E-state index in [0.29, 0.717) is 0 Å². The molecule has 0 radical (unpaired) electrons. The predicted molar refractivity (Wildman–Crippen MR) is 88.8 cm³/mol. The number of benzene rings is 1. The van der Waals surface area contributed by atoms with Crippen LogP contribution in [-0.2, 0) is 0 Å². The fourth-order valence-electron chi connectivity index (χ4n) is 2.42. The first-order valence-electron chi connectivity index (χ1n) is 6.91. The van der Waals surface area contributed by atoms with Crippen molar-refractivity contribution in [2.24, 2.45) is 0 Å². The highest BCUT2D eigenvalue weighted by molar-refractivity contribution is 7.17. The number of fused-ring (bicyclic) bond motifs is 1. The second kappa shape index (κ2) is 6.04. The lowest BCUT2D eigenvalue weighted by Gasteiger charge is -2.18. The summed E-state index contributed by atoms with van der Waals surface area (Å²) in [5, 5.41) is 10.4. The van der Waals surface area contributed by atoms with Crippen LogP contribution in [0.2, 0.25) is 0 Å². The molecule has 0 bridgehead atoms. The normalized spacial score (nSPS) is 12.9. The number of aromatic nitrogens is 1. The lowest BCUT2D eigenvalue weighted by atomic mass is 10.0. The molecule has 0 aliphatic rings. The van der Waals surface area contributed by atoms with E-state index in [1.807, 2.05) is 11.3 Å². The van der Waals surface area contributed by atoms with Crippen molar-refractivity contribution in [2.75, 3.05) is 6.54 Å². The number of nitrogens with one attached hydrogen (secondary N) is 1. The summed E-state index contributed by atoms with van der Waals surface area (Å²) < 4.78 is 1.37. The molecular weight excluding hydrogens is 284 g/mol. The highest BCUT2D eigenvalue weighted by atomic mass is 32.1. The Morgan fingerprint density at radius 1 is 1.25 bits per heavy atom. The van der Waals surface area contributed by atoms with Crippen molar-refractivity contribution in [3.8, 4) is 0 Å². The minimum atomic E-state index is 0.197. The fourth-order valence-corrected chi connectivity index (χ4v) is 4.00. The number of hydrogen-bond donors (Lipinski definition) is 1. The van der Waals surface area contributed by atoms with Gasteiger partial charge in [0.1, 0.15) is 0 Å². The molecule has 1 N–H and O–H groups in total. The van der Waals surface area contributed by atoms with E-state index in [9.17, 15) is 0 Å². The van der Waals surface area contributed by atoms with Crippen LogP contribution in [0.4, 0.5) is 0 Å². The number of aryl methyl sites for hydroxylation is 1. The zero-order valence-electron chi connectivity index (χ0n) is 11.7. The number of rotatable bonds is 5. The monoisotopic (exact) mass is 302 g/mol. The molecule has 2 heterocycles. The van der Waals surface area contributed by atoms with Crippen molar-refractivity contribution < 1.29 is 0 Å². The maximum atomic E-state index is 4.69. The quantitative estimate of drug-likeness (QED) is 0.735. The lowest BCUT2D eigenvalue weighted by Crippen LogP contribution is -2.23. The third-order valence-electron chi connectivity index (χ3n) is 3.35. The van der Waals surface area contributed by atoms with Gasteiger partial charge in [-0.05, 0) is 42.3 Å². The van der Waals surface area contributed by atoms with Crippen LogP contribution in [0.25, 0.3) is 10.1 Å². The second-order valence-electron chi connectivity index (χ2n) is 4.86. The minimum Gasteiger partial charge on any atom is -0.305 e. The number of thiazole rings is 1. The molecule has 3 aromatic rings. The Labute approximate surface area is 127 Å². The molecule has 0 spiro atoms. The van der Waals surface area contributed by atoms with Crippen LogP contribution < -0.4 is 5.32 Å². The van der Waals surface area contributed by atoms with Crippen LogP contribution in [0.1, 0.15) is 35.7 Å². The van der Waals surface area contributed by atoms with Gasteiger partial charge in [-0.15, -0.1) is 22.7 Å². The van der Waals surface area contributed by atoms with Gasteiger partial charge in [-0.3, -0.25) is 0 Å². The molecule has 0 amide bonds. The average molecular weight is 302 g/mol. The maximum absolute atomic E-state index is 4.69. The summed E-state index contributed by atoms with van der Waals surface area (Å²) in [7, 11) is 0. The number of hydrogen-bond acceptors (Lipinski definition) is 4. The Morgan fingerprint density at radius 2 is 2.15 bits per heavy atom. The van der Waals surface area contributed by atoms with Gasteiger partial charge in [-0.1, -0.05) is 25.1 Å². The summed E-state index contributed by atoms with van der Waals surface area (Å²) in [4.78, 5) is 4.69. The van der Waals surface area contributed by atoms with E-state index in [1.165, 1.54) is 15.6 Å². The molecule has 3 rings (SSSR count). The lowest BCUT2D eigenvalue weighted by molar-refractivity contribution is 0.592. The van der Waals surface area contributed by atoms with Crippen LogP contribution in [-0.4, -0.2) is 11.5 Å². The zero-order chi connectivity index (χ0) is 13.9. The van der Waals surface area contributed by atoms with E-state index >= 15 is 0 Å². The van der Waals surface area contributed by atoms with Crippen molar-refractivity contribution in [3.63, 3.8) is 0 Å². The van der Waals surface area contributed by atoms with E-state index in [2.05, 4.69) is 54.2 Å². The molecule has 0 aliphatic heterocycles. The van der Waals surface area contributed by atoms with Gasteiger partial charge in [0, 0.05) is 10.1 Å². The van der Waals surface area contributed by atoms with Gasteiger partial charge < -0.3 is 5.32 Å². The summed E-state index contributed by atoms with van der Waals surface area (Å²) in [6, 6.07) is 8.93. The first-order chi connectivity index (χ1) is 9.79. The molecule has 0 fully saturated rings. The molecule has 0 aliphatic carbocycles. The average Bonchev–Trinajstić information content (AvgIpc) is 3.08. The molecule has 0 saturated heterocycles. The van der Waals surface area contributed by atoms with Crippen molar-refractivity contribution in [1.82, 2.24) is 10.3 Å². The van der Waals surface area contributed by atoms with Crippen LogP contribution in [0.5, 0.6) is 0 Å². The fraction of sp³-hybridized carbons (Fsp3) is 0.312. The van der Waals surface area contributed by atoms with Gasteiger partial charge in [-0.25, -0.2) is 4.98 Å². The molecule has 1 unspecified atom stereocenters. The van der Waals surface area contributed by atoms with Gasteiger partial charge in [0.25, 0.3) is 0 Å². The van der Waals surface area contributed by atoms with Gasteiger partial charge in [0.15, 0.2) is 0 Å². The maximum Gasteiger partial charge on any atom is 0.0898 e. The van der Waals surface area contributed by atoms with Gasteiger partial charge in [0.05, 0.1) is 16.7 Å². The highest BCUT2D eigenvalue weighted by Crippen LogP contribution is 2.32. The summed E-state index contributed by atoms with van der Waals surface area (Å²) in [5.41, 5.74) is 2.48. The molecule has 104 valence electrons. The molecular formula is C16H18N2S2. The van der Waals surface area contributed by atoms with Crippen molar-refractivity contribution in [3.05, 3.63) is 51.3 Å². The molecule has 0 saturated carbocycles. The summed E-state index contributed by atoms with van der Waals surface area (Å²) in [6.45, 7) is 5.27. The van der Waals surface area contributed by atoms with Crippen molar-refractivity contribution >= 4 is 32.8 Å². The van der Waals surface area contributed by atoms with Crippen molar-refractivity contribution in [2.45, 2.75) is 26.3 Å². The number of nitrogens with zero attached hydrogens (tertiary/aromatic N) is 1. The van der Waals surface area contributed by atoms with Crippen molar-refractivity contribution in [1.29, 1.82) is 0 Å². The third-order valence-corrected chi connectivity index (χ3v) is 5.12. The van der Waals surface area contributed by atoms with Crippen LogP contribution in [0.15, 0.2) is 35.0 Å². The second-order valence-corrected chi connectivity index (χ2v) is 6.84. The Morgan fingerprint density at radius 3 is 2.90 bits per heavy atom. The zero-order valence-corrected chi connectivity index (χ0v) is 13.4. The Kier molecular flexibility index (Phi) is 4.15. The van der Waals surface area contributed by atoms with Gasteiger partial charge in [0.2, 0.25) is 0 Å². The summed E-state index contributed by atoms with van der Waals surface area (Å²) >= 11 is 3.53. The van der Waals surface area contributed by atoms with Crippen LogP contribution in [0.3, 0.4) is 0 Å². The Balaban J connectivity index is 2.06. The highest BCUT2D eigenvalue weighted by Gasteiger charge is 2.18. The van der Waals surface area contributed by atoms with Gasteiger partial charge in [-0.2, -0.15) is 0 Å². The van der Waals surface area contributed by atoms with E-state index in [0.717, 1.165) is 23.7 Å². The third kappa shape index (κ3) is 2.64. The first-order valence-corrected chi connectivity index (χ1v) is 8.67. The minimum absolute atomic E-state index is 0.197. The van der Waals surface area contributed by atoms with Gasteiger partial charge >= 0.3 is 0 Å². The topological polar surface area (TPSA) is 24.9 Å². The van der Waals surface area contributed by atoms with E-state index in [1.54, 1.807) is 11.3 Å². The van der Waals surface area contributed by atoms with E-state index < -0.39 is 0 Å². The largest absolute Gasteiger partial charge is 0.305 e. The van der Waals surface area contributed by atoms with Crippen LogP contribution >= 0.6 is 22.7 Å². The smallest absolute Gasteiger partial charge is 0.0898 e. The number of thiophene rings is 1. The molecule has 1 aromatic carbocycles. The SMILES string of the molecule is CCCNC(c1csc(C)n1)c1cccc2ccsc12. The standard InChI is InChI=1S/C16H18N2S2/c1-3-8-17-15(14-10-20-11(2)18-14)13-6-4-5-12-7-9-19-16(12)13/h4-7,9-10,15,17H,3,8H2,1-2H3. The summed E-state index contributed by atoms with van der Waals surface area (Å²) in [6.07, 6.45) is 1.13.